The van der Waals surface area contributed by atoms with Crippen molar-refractivity contribution >= 4 is 23.7 Å². The summed E-state index contributed by atoms with van der Waals surface area (Å²) in [6.45, 7) is 3.32. The third-order valence-corrected chi connectivity index (χ3v) is 5.60. The average Bonchev–Trinajstić information content (AvgIpc) is 3.35. The number of carboxylic acid groups (broad SMARTS) is 1. The van der Waals surface area contributed by atoms with E-state index in [1.807, 2.05) is 13.8 Å². The Balaban J connectivity index is 2.09. The molecule has 1 aromatic carbocycles. The first-order chi connectivity index (χ1) is 16.6. The van der Waals surface area contributed by atoms with Gasteiger partial charge in [0.1, 0.15) is 17.8 Å². The van der Waals surface area contributed by atoms with Crippen molar-refractivity contribution in [1.29, 1.82) is 0 Å². The number of aromatic nitrogens is 2. The van der Waals surface area contributed by atoms with E-state index in [0.717, 1.165) is 0 Å². The summed E-state index contributed by atoms with van der Waals surface area (Å²) in [6.07, 6.45) is 3.52. The highest BCUT2D eigenvalue weighted by Gasteiger charge is 2.28. The molecule has 4 atom stereocenters. The number of nitrogens with one attached hydrogen (secondary N) is 4. The van der Waals surface area contributed by atoms with E-state index < -0.39 is 48.4 Å². The molecule has 0 radical (unpaired) electrons. The number of carbonyl (C=O) groups excluding carboxylic acids is 3. The van der Waals surface area contributed by atoms with Crippen LogP contribution in [0, 0.1) is 5.92 Å². The van der Waals surface area contributed by atoms with Gasteiger partial charge in [0.05, 0.1) is 18.9 Å². The molecule has 0 saturated carbocycles. The van der Waals surface area contributed by atoms with Crippen molar-refractivity contribution < 1.29 is 29.4 Å². The van der Waals surface area contributed by atoms with E-state index in [1.54, 1.807) is 12.1 Å². The predicted octanol–water partition coefficient (Wildman–Crippen LogP) is -0.556. The average molecular weight is 489 g/mol. The third-order valence-electron chi connectivity index (χ3n) is 5.60. The van der Waals surface area contributed by atoms with Crippen LogP contribution in [0.1, 0.15) is 31.5 Å². The number of carbonyl (C=O) groups is 4. The molecule has 35 heavy (non-hydrogen) atoms. The van der Waals surface area contributed by atoms with Crippen LogP contribution < -0.4 is 21.7 Å². The summed E-state index contributed by atoms with van der Waals surface area (Å²) >= 11 is 0. The molecular weight excluding hydrogens is 456 g/mol. The number of nitrogens with zero attached hydrogens (tertiary/aromatic N) is 1. The fourth-order valence-electron chi connectivity index (χ4n) is 3.21. The molecule has 2 aromatic rings. The van der Waals surface area contributed by atoms with Crippen LogP contribution in [0.25, 0.3) is 0 Å². The van der Waals surface area contributed by atoms with Crippen LogP contribution in [-0.4, -0.2) is 68.5 Å². The highest BCUT2D eigenvalue weighted by atomic mass is 16.4. The van der Waals surface area contributed by atoms with Crippen molar-refractivity contribution in [1.82, 2.24) is 25.9 Å². The Kier molecular flexibility index (Phi) is 10.2. The summed E-state index contributed by atoms with van der Waals surface area (Å²) in [5.74, 6) is -3.15. The minimum atomic E-state index is -1.27. The second-order valence-corrected chi connectivity index (χ2v) is 8.30. The number of H-pyrrole nitrogens is 1. The number of phenols is 1. The molecule has 0 aliphatic carbocycles. The van der Waals surface area contributed by atoms with Gasteiger partial charge in [-0.1, -0.05) is 32.4 Å². The Morgan fingerprint density at radius 2 is 1.74 bits per heavy atom. The summed E-state index contributed by atoms with van der Waals surface area (Å²) in [4.78, 5) is 56.0. The van der Waals surface area contributed by atoms with Crippen LogP contribution in [0.2, 0.25) is 0 Å². The second kappa shape index (κ2) is 13.1. The lowest BCUT2D eigenvalue weighted by Crippen LogP contribution is -2.55. The van der Waals surface area contributed by atoms with Gasteiger partial charge in [-0.2, -0.15) is 0 Å². The first-order valence-electron chi connectivity index (χ1n) is 11.2. The summed E-state index contributed by atoms with van der Waals surface area (Å²) in [5, 5.41) is 26.5. The zero-order valence-electron chi connectivity index (χ0n) is 19.7. The number of phenolic OH excluding ortho intramolecular Hbond substituents is 1. The van der Waals surface area contributed by atoms with Gasteiger partial charge in [0.2, 0.25) is 17.7 Å². The van der Waals surface area contributed by atoms with Gasteiger partial charge in [0.15, 0.2) is 0 Å². The lowest BCUT2D eigenvalue weighted by molar-refractivity contribution is -0.142. The first kappa shape index (κ1) is 27.3. The zero-order valence-corrected chi connectivity index (χ0v) is 19.7. The van der Waals surface area contributed by atoms with E-state index in [0.29, 0.717) is 17.7 Å². The van der Waals surface area contributed by atoms with E-state index in [4.69, 9.17) is 5.73 Å². The van der Waals surface area contributed by atoms with Crippen LogP contribution in [0.3, 0.4) is 0 Å². The molecule has 1 aromatic heterocycles. The van der Waals surface area contributed by atoms with E-state index in [2.05, 4.69) is 25.9 Å². The van der Waals surface area contributed by atoms with Gasteiger partial charge in [-0.05, 0) is 23.6 Å². The Morgan fingerprint density at radius 3 is 2.31 bits per heavy atom. The Morgan fingerprint density at radius 1 is 1.06 bits per heavy atom. The van der Waals surface area contributed by atoms with Crippen molar-refractivity contribution in [3.05, 3.63) is 48.0 Å². The Hall–Kier alpha value is -3.93. The zero-order chi connectivity index (χ0) is 26.0. The Bertz CT molecular complexity index is 994. The van der Waals surface area contributed by atoms with E-state index in [-0.39, 0.29) is 24.5 Å². The SMILES string of the molecule is CCC(C)C(N)C(=O)NCC(=O)NC(Cc1ccc(O)cc1)C(=O)NC(Cc1cnc[nH]1)C(=O)O. The molecule has 2 rings (SSSR count). The molecule has 3 amide bonds. The van der Waals surface area contributed by atoms with Crippen molar-refractivity contribution in [2.75, 3.05) is 6.54 Å². The van der Waals surface area contributed by atoms with Gasteiger partial charge in [0, 0.05) is 24.7 Å². The third kappa shape index (κ3) is 8.74. The van der Waals surface area contributed by atoms with Gasteiger partial charge in [-0.3, -0.25) is 14.4 Å². The molecule has 0 saturated heterocycles. The molecule has 8 N–H and O–H groups in total. The van der Waals surface area contributed by atoms with Crippen molar-refractivity contribution in [2.24, 2.45) is 11.7 Å². The summed E-state index contributed by atoms with van der Waals surface area (Å²) in [7, 11) is 0. The summed E-state index contributed by atoms with van der Waals surface area (Å²) in [6, 6.07) is 2.83. The number of aromatic hydroxyl groups is 1. The lowest BCUT2D eigenvalue weighted by atomic mass is 9.99. The van der Waals surface area contributed by atoms with Crippen LogP contribution >= 0.6 is 0 Å². The fourth-order valence-corrected chi connectivity index (χ4v) is 3.21. The number of amides is 3. The van der Waals surface area contributed by atoms with Crippen LogP contribution in [-0.2, 0) is 32.0 Å². The first-order valence-corrected chi connectivity index (χ1v) is 11.2. The highest BCUT2D eigenvalue weighted by Crippen LogP contribution is 2.12. The number of imidazole rings is 1. The van der Waals surface area contributed by atoms with Crippen LogP contribution in [0.4, 0.5) is 0 Å². The van der Waals surface area contributed by atoms with Crippen molar-refractivity contribution in [2.45, 2.75) is 51.2 Å². The fraction of sp³-hybridized carbons (Fsp3) is 0.435. The standard InChI is InChI=1S/C23H32N6O6/c1-3-13(2)20(24)22(33)26-11-19(31)28-17(8-14-4-6-16(30)7-5-14)21(32)29-18(23(34)35)9-15-10-25-12-27-15/h4-7,10,12-13,17-18,20,30H,3,8-9,11,24H2,1-2H3,(H,25,27)(H,26,33)(H,28,31)(H,29,32)(H,34,35). The van der Waals surface area contributed by atoms with E-state index >= 15 is 0 Å². The van der Waals surface area contributed by atoms with Crippen LogP contribution in [0.5, 0.6) is 5.75 Å². The molecule has 190 valence electrons. The molecule has 0 bridgehead atoms. The number of aromatic amines is 1. The van der Waals surface area contributed by atoms with Gasteiger partial charge >= 0.3 is 5.97 Å². The normalized spacial score (nSPS) is 14.3. The lowest BCUT2D eigenvalue weighted by Gasteiger charge is -2.22. The number of hydrogen-bond donors (Lipinski definition) is 7. The van der Waals surface area contributed by atoms with Crippen molar-refractivity contribution in [3.8, 4) is 5.75 Å². The molecule has 0 aliphatic heterocycles. The quantitative estimate of drug-likeness (QED) is 0.194. The van der Waals surface area contributed by atoms with Crippen LogP contribution in [0.15, 0.2) is 36.8 Å². The number of aliphatic carboxylic acids is 1. The second-order valence-electron chi connectivity index (χ2n) is 8.30. The maximum atomic E-state index is 13.0. The monoisotopic (exact) mass is 488 g/mol. The molecule has 12 nitrogen and oxygen atoms in total. The number of nitrogens with two attached hydrogens (primary N) is 1. The number of carboxylic acids is 1. The highest BCUT2D eigenvalue weighted by molar-refractivity contribution is 5.92. The van der Waals surface area contributed by atoms with Crippen molar-refractivity contribution in [3.63, 3.8) is 0 Å². The smallest absolute Gasteiger partial charge is 0.326 e. The summed E-state index contributed by atoms with van der Waals surface area (Å²) < 4.78 is 0. The predicted molar refractivity (Wildman–Crippen MR) is 126 cm³/mol. The minimum Gasteiger partial charge on any atom is -0.508 e. The minimum absolute atomic E-state index is 0.0224. The summed E-state index contributed by atoms with van der Waals surface area (Å²) in [5.41, 5.74) is 7.00. The molecule has 1 heterocycles. The Labute approximate surface area is 202 Å². The van der Waals surface area contributed by atoms with E-state index in [1.165, 1.54) is 24.7 Å². The van der Waals surface area contributed by atoms with Gasteiger partial charge in [0.25, 0.3) is 0 Å². The van der Waals surface area contributed by atoms with Gasteiger partial charge < -0.3 is 36.9 Å². The molecule has 0 spiro atoms. The molecule has 0 aliphatic rings. The largest absolute Gasteiger partial charge is 0.508 e. The molecule has 12 heteroatoms. The van der Waals surface area contributed by atoms with E-state index in [9.17, 15) is 29.4 Å². The number of hydrogen-bond acceptors (Lipinski definition) is 7. The number of benzene rings is 1. The maximum Gasteiger partial charge on any atom is 0.326 e. The molecule has 0 fully saturated rings. The molecular formula is C23H32N6O6. The van der Waals surface area contributed by atoms with Gasteiger partial charge in [-0.15, -0.1) is 0 Å². The topological polar surface area (TPSA) is 200 Å². The van der Waals surface area contributed by atoms with Gasteiger partial charge in [-0.25, -0.2) is 9.78 Å². The maximum absolute atomic E-state index is 13.0. The molecule has 4 unspecified atom stereocenters. The number of rotatable bonds is 13.